The SMILES string of the molecule is COc1ccc(O)c2c1CC1(CCCC1)O2. The van der Waals surface area contributed by atoms with Gasteiger partial charge in [0.25, 0.3) is 0 Å². The zero-order valence-corrected chi connectivity index (χ0v) is 9.45. The van der Waals surface area contributed by atoms with E-state index in [1.807, 2.05) is 6.07 Å². The Bertz CT molecular complexity index is 419. The molecule has 1 aliphatic carbocycles. The average Bonchev–Trinajstić information content (AvgIpc) is 2.88. The number of benzene rings is 1. The molecule has 3 rings (SSSR count). The fourth-order valence-corrected chi connectivity index (χ4v) is 2.94. The lowest BCUT2D eigenvalue weighted by Crippen LogP contribution is -2.29. The van der Waals surface area contributed by atoms with Gasteiger partial charge >= 0.3 is 0 Å². The molecule has 1 heterocycles. The first-order valence-electron chi connectivity index (χ1n) is 5.82. The van der Waals surface area contributed by atoms with E-state index in [4.69, 9.17) is 9.47 Å². The molecule has 0 atom stereocenters. The van der Waals surface area contributed by atoms with Crippen LogP contribution in [0.15, 0.2) is 12.1 Å². The van der Waals surface area contributed by atoms with Crippen LogP contribution in [0.25, 0.3) is 0 Å². The summed E-state index contributed by atoms with van der Waals surface area (Å²) in [6.45, 7) is 0. The van der Waals surface area contributed by atoms with Crippen molar-refractivity contribution in [1.82, 2.24) is 0 Å². The second-order valence-electron chi connectivity index (χ2n) is 4.76. The minimum absolute atomic E-state index is 0.0611. The lowest BCUT2D eigenvalue weighted by molar-refractivity contribution is 0.0997. The summed E-state index contributed by atoms with van der Waals surface area (Å²) in [6, 6.07) is 3.46. The standard InChI is InChI=1S/C13H16O3/c1-15-11-5-4-10(14)12-9(11)8-13(16-12)6-2-3-7-13/h4-5,14H,2-3,6-8H2,1H3. The summed E-state index contributed by atoms with van der Waals surface area (Å²) in [7, 11) is 1.66. The Balaban J connectivity index is 2.04. The number of hydrogen-bond donors (Lipinski definition) is 1. The molecule has 2 aliphatic rings. The van der Waals surface area contributed by atoms with E-state index in [1.165, 1.54) is 12.8 Å². The van der Waals surface area contributed by atoms with Gasteiger partial charge in [0.15, 0.2) is 11.5 Å². The highest BCUT2D eigenvalue weighted by Gasteiger charge is 2.44. The van der Waals surface area contributed by atoms with E-state index >= 15 is 0 Å². The third kappa shape index (κ3) is 1.27. The molecule has 1 spiro atoms. The van der Waals surface area contributed by atoms with Gasteiger partial charge in [-0.1, -0.05) is 0 Å². The van der Waals surface area contributed by atoms with Gasteiger partial charge in [-0.2, -0.15) is 0 Å². The first-order valence-corrected chi connectivity index (χ1v) is 5.82. The Morgan fingerprint density at radius 1 is 1.31 bits per heavy atom. The fraction of sp³-hybridized carbons (Fsp3) is 0.538. The van der Waals surface area contributed by atoms with Crippen LogP contribution >= 0.6 is 0 Å². The smallest absolute Gasteiger partial charge is 0.168 e. The van der Waals surface area contributed by atoms with Gasteiger partial charge in [-0.25, -0.2) is 0 Å². The van der Waals surface area contributed by atoms with E-state index < -0.39 is 0 Å². The number of fused-ring (bicyclic) bond motifs is 1. The highest BCUT2D eigenvalue weighted by Crippen LogP contribution is 2.50. The van der Waals surface area contributed by atoms with Gasteiger partial charge in [0.1, 0.15) is 11.4 Å². The molecule has 1 aliphatic heterocycles. The van der Waals surface area contributed by atoms with Gasteiger partial charge in [-0.3, -0.25) is 0 Å². The highest BCUT2D eigenvalue weighted by atomic mass is 16.5. The summed E-state index contributed by atoms with van der Waals surface area (Å²) in [6.07, 6.45) is 5.49. The van der Waals surface area contributed by atoms with Crippen LogP contribution in [-0.2, 0) is 6.42 Å². The second-order valence-corrected chi connectivity index (χ2v) is 4.76. The van der Waals surface area contributed by atoms with Crippen LogP contribution in [0.4, 0.5) is 0 Å². The normalized spacial score (nSPS) is 20.8. The van der Waals surface area contributed by atoms with E-state index in [0.29, 0.717) is 5.75 Å². The summed E-state index contributed by atoms with van der Waals surface area (Å²) >= 11 is 0. The van der Waals surface area contributed by atoms with Gasteiger partial charge in [-0.15, -0.1) is 0 Å². The summed E-state index contributed by atoms with van der Waals surface area (Å²) in [5, 5.41) is 9.81. The van der Waals surface area contributed by atoms with Crippen molar-refractivity contribution in [2.75, 3.05) is 7.11 Å². The molecule has 0 aromatic heterocycles. The van der Waals surface area contributed by atoms with Crippen molar-refractivity contribution in [3.8, 4) is 17.2 Å². The maximum Gasteiger partial charge on any atom is 0.168 e. The molecule has 0 bridgehead atoms. The molecule has 1 saturated carbocycles. The number of phenolic OH excluding ortho intramolecular Hbond substituents is 1. The number of phenols is 1. The third-order valence-electron chi connectivity index (χ3n) is 3.75. The van der Waals surface area contributed by atoms with Crippen LogP contribution in [0.5, 0.6) is 17.2 Å². The minimum Gasteiger partial charge on any atom is -0.504 e. The van der Waals surface area contributed by atoms with E-state index in [1.54, 1.807) is 13.2 Å². The maximum atomic E-state index is 9.81. The van der Waals surface area contributed by atoms with Crippen molar-refractivity contribution >= 4 is 0 Å². The van der Waals surface area contributed by atoms with Crippen LogP contribution < -0.4 is 9.47 Å². The molecule has 1 fully saturated rings. The molecule has 1 N–H and O–H groups in total. The largest absolute Gasteiger partial charge is 0.504 e. The van der Waals surface area contributed by atoms with E-state index in [9.17, 15) is 5.11 Å². The van der Waals surface area contributed by atoms with Crippen molar-refractivity contribution in [2.24, 2.45) is 0 Å². The monoisotopic (exact) mass is 220 g/mol. The molecular weight excluding hydrogens is 204 g/mol. The van der Waals surface area contributed by atoms with Crippen LogP contribution in [0.2, 0.25) is 0 Å². The van der Waals surface area contributed by atoms with Crippen molar-refractivity contribution < 1.29 is 14.6 Å². The topological polar surface area (TPSA) is 38.7 Å². The first-order chi connectivity index (χ1) is 7.74. The van der Waals surface area contributed by atoms with Crippen LogP contribution in [0, 0.1) is 0 Å². The maximum absolute atomic E-state index is 9.81. The van der Waals surface area contributed by atoms with Crippen LogP contribution in [0.3, 0.4) is 0 Å². The molecule has 0 saturated heterocycles. The Morgan fingerprint density at radius 2 is 2.06 bits per heavy atom. The molecule has 86 valence electrons. The summed E-state index contributed by atoms with van der Waals surface area (Å²) in [5.74, 6) is 1.71. The number of aromatic hydroxyl groups is 1. The number of methoxy groups -OCH3 is 1. The Morgan fingerprint density at radius 3 is 2.75 bits per heavy atom. The minimum atomic E-state index is -0.0611. The Hall–Kier alpha value is -1.38. The zero-order chi connectivity index (χ0) is 11.2. The van der Waals surface area contributed by atoms with Gasteiger partial charge in [0.05, 0.1) is 7.11 Å². The molecule has 16 heavy (non-hydrogen) atoms. The summed E-state index contributed by atoms with van der Waals surface area (Å²) in [5.41, 5.74) is 0.971. The number of hydrogen-bond acceptors (Lipinski definition) is 3. The van der Waals surface area contributed by atoms with Crippen molar-refractivity contribution in [3.63, 3.8) is 0 Å². The molecular formula is C13H16O3. The van der Waals surface area contributed by atoms with Gasteiger partial charge in [0, 0.05) is 12.0 Å². The highest BCUT2D eigenvalue weighted by molar-refractivity contribution is 5.56. The summed E-state index contributed by atoms with van der Waals surface area (Å²) < 4.78 is 11.3. The van der Waals surface area contributed by atoms with E-state index in [-0.39, 0.29) is 11.4 Å². The Kier molecular flexibility index (Phi) is 2.03. The number of ether oxygens (including phenoxy) is 2. The lowest BCUT2D eigenvalue weighted by Gasteiger charge is -2.22. The predicted molar refractivity (Wildman–Crippen MR) is 60.2 cm³/mol. The third-order valence-corrected chi connectivity index (χ3v) is 3.75. The molecule has 0 radical (unpaired) electrons. The molecule has 0 unspecified atom stereocenters. The molecule has 0 amide bonds. The second kappa shape index (κ2) is 3.30. The number of rotatable bonds is 1. The fourth-order valence-electron chi connectivity index (χ4n) is 2.94. The van der Waals surface area contributed by atoms with Gasteiger partial charge in [0.2, 0.25) is 0 Å². The quantitative estimate of drug-likeness (QED) is 0.790. The molecule has 1 aromatic rings. The summed E-state index contributed by atoms with van der Waals surface area (Å²) in [4.78, 5) is 0. The predicted octanol–water partition coefficient (Wildman–Crippen LogP) is 2.65. The average molecular weight is 220 g/mol. The first kappa shape index (κ1) is 9.82. The van der Waals surface area contributed by atoms with Crippen LogP contribution in [-0.4, -0.2) is 17.8 Å². The van der Waals surface area contributed by atoms with Crippen molar-refractivity contribution in [3.05, 3.63) is 17.7 Å². The van der Waals surface area contributed by atoms with Crippen molar-refractivity contribution in [2.45, 2.75) is 37.7 Å². The molecule has 3 heteroatoms. The van der Waals surface area contributed by atoms with E-state index in [2.05, 4.69) is 0 Å². The molecule has 1 aromatic carbocycles. The van der Waals surface area contributed by atoms with Crippen molar-refractivity contribution in [1.29, 1.82) is 0 Å². The molecule has 3 nitrogen and oxygen atoms in total. The zero-order valence-electron chi connectivity index (χ0n) is 9.45. The lowest BCUT2D eigenvalue weighted by atomic mass is 9.95. The van der Waals surface area contributed by atoms with E-state index in [0.717, 1.165) is 30.6 Å². The van der Waals surface area contributed by atoms with Gasteiger partial charge < -0.3 is 14.6 Å². The Labute approximate surface area is 95.0 Å². The van der Waals surface area contributed by atoms with Gasteiger partial charge in [-0.05, 0) is 37.8 Å². The van der Waals surface area contributed by atoms with Crippen LogP contribution in [0.1, 0.15) is 31.2 Å².